The van der Waals surface area contributed by atoms with E-state index in [9.17, 15) is 0 Å². The highest BCUT2D eigenvalue weighted by Crippen LogP contribution is 2.51. The Morgan fingerprint density at radius 1 is 0.500 bits per heavy atom. The van der Waals surface area contributed by atoms with Crippen LogP contribution in [0.25, 0.3) is 0 Å². The van der Waals surface area contributed by atoms with Crippen LogP contribution in [0.3, 0.4) is 0 Å². The van der Waals surface area contributed by atoms with Crippen molar-refractivity contribution in [1.82, 2.24) is 0 Å². The van der Waals surface area contributed by atoms with Crippen molar-refractivity contribution in [3.63, 3.8) is 0 Å². The molecule has 5 aromatic carbocycles. The first-order valence-electron chi connectivity index (χ1n) is 14.5. The molecule has 4 aliphatic heterocycles. The van der Waals surface area contributed by atoms with Crippen molar-refractivity contribution in [1.29, 1.82) is 0 Å². The average Bonchev–Trinajstić information content (AvgIpc) is 3.04. The van der Waals surface area contributed by atoms with E-state index in [1.807, 2.05) is 12.1 Å². The molecule has 0 bridgehead atoms. The van der Waals surface area contributed by atoms with Crippen LogP contribution in [0.2, 0.25) is 0 Å². The van der Waals surface area contributed by atoms with Gasteiger partial charge in [-0.15, -0.1) is 0 Å². The summed E-state index contributed by atoms with van der Waals surface area (Å²) >= 11 is 0. The number of benzene rings is 5. The molecular weight excluding hydrogens is 523 g/mol. The normalized spacial score (nSPS) is 15.5. The number of rotatable bonds is 2. The molecule has 9 rings (SSSR count). The second-order valence-corrected chi connectivity index (χ2v) is 11.0. The highest BCUT2D eigenvalue weighted by atomic mass is 16.6. The summed E-state index contributed by atoms with van der Waals surface area (Å²) in [7, 11) is 0. The van der Waals surface area contributed by atoms with Crippen molar-refractivity contribution < 1.29 is 18.9 Å². The lowest BCUT2D eigenvalue weighted by molar-refractivity contribution is 0.172. The molecule has 0 fully saturated rings. The van der Waals surface area contributed by atoms with E-state index in [0.717, 1.165) is 57.1 Å². The molecule has 0 saturated carbocycles. The molecule has 204 valence electrons. The molecular formula is C35H27BN2O4. The van der Waals surface area contributed by atoms with Gasteiger partial charge in [0.15, 0.2) is 23.0 Å². The monoisotopic (exact) mass is 550 g/mol. The largest absolute Gasteiger partial charge is 0.486 e. The number of nitrogens with zero attached hydrogens (tertiary/aromatic N) is 2. The van der Waals surface area contributed by atoms with Gasteiger partial charge in [0.1, 0.15) is 26.4 Å². The molecule has 0 amide bonds. The predicted octanol–water partition coefficient (Wildman–Crippen LogP) is 5.62. The number of hydrogen-bond acceptors (Lipinski definition) is 6. The van der Waals surface area contributed by atoms with Gasteiger partial charge in [0.25, 0.3) is 6.71 Å². The summed E-state index contributed by atoms with van der Waals surface area (Å²) in [5.41, 5.74) is 11.4. The molecule has 7 heteroatoms. The van der Waals surface area contributed by atoms with Crippen molar-refractivity contribution in [2.75, 3.05) is 36.2 Å². The second kappa shape index (κ2) is 8.98. The number of hydrogen-bond donors (Lipinski definition) is 0. The maximum atomic E-state index is 6.27. The minimum Gasteiger partial charge on any atom is -0.486 e. The number of fused-ring (bicyclic) bond motifs is 6. The number of aryl methyl sites for hydroxylation is 1. The van der Waals surface area contributed by atoms with Gasteiger partial charge in [-0.3, -0.25) is 0 Å². The Bertz CT molecular complexity index is 1770. The van der Waals surface area contributed by atoms with E-state index in [-0.39, 0.29) is 6.71 Å². The van der Waals surface area contributed by atoms with Gasteiger partial charge >= 0.3 is 0 Å². The number of anilines is 6. The molecule has 0 aromatic heterocycles. The lowest BCUT2D eigenvalue weighted by Crippen LogP contribution is -2.61. The molecule has 4 heterocycles. The van der Waals surface area contributed by atoms with Gasteiger partial charge in [0, 0.05) is 22.7 Å². The zero-order valence-electron chi connectivity index (χ0n) is 23.2. The lowest BCUT2D eigenvalue weighted by Gasteiger charge is -2.45. The summed E-state index contributed by atoms with van der Waals surface area (Å²) in [6, 6.07) is 34.4. The molecule has 5 aromatic rings. The summed E-state index contributed by atoms with van der Waals surface area (Å²) in [6.07, 6.45) is 0. The first-order valence-corrected chi connectivity index (χ1v) is 14.5. The standard InChI is InChI=1S/C35H27BN2O4/c1-22-20-29-33-30(21-22)38(28-13-7-15-32-35(28)42-19-17-40-32)26-11-5-3-9-24(26)36(33)23-8-2-4-10-25(23)37(29)27-12-6-14-31-34(27)41-18-16-39-31/h2-15,20-21H,16-19H2,1H3. The minimum absolute atomic E-state index is 0.0592. The smallest absolute Gasteiger partial charge is 0.252 e. The Balaban J connectivity index is 1.37. The first kappa shape index (κ1) is 23.6. The van der Waals surface area contributed by atoms with Crippen molar-refractivity contribution in [3.8, 4) is 23.0 Å². The van der Waals surface area contributed by atoms with Crippen LogP contribution in [-0.4, -0.2) is 33.1 Å². The Morgan fingerprint density at radius 2 is 0.952 bits per heavy atom. The van der Waals surface area contributed by atoms with Gasteiger partial charge in [-0.05, 0) is 77.4 Å². The van der Waals surface area contributed by atoms with E-state index in [4.69, 9.17) is 18.9 Å². The number of ether oxygens (including phenoxy) is 4. The summed E-state index contributed by atoms with van der Waals surface area (Å²) in [6.45, 7) is 4.38. The fourth-order valence-corrected chi connectivity index (χ4v) is 7.02. The van der Waals surface area contributed by atoms with E-state index in [0.29, 0.717) is 26.4 Å². The highest BCUT2D eigenvalue weighted by molar-refractivity contribution is 7.00. The maximum absolute atomic E-state index is 6.27. The van der Waals surface area contributed by atoms with Crippen molar-refractivity contribution in [2.24, 2.45) is 0 Å². The Morgan fingerprint density at radius 3 is 1.48 bits per heavy atom. The molecule has 0 aliphatic carbocycles. The third kappa shape index (κ3) is 3.28. The molecule has 0 unspecified atom stereocenters. The van der Waals surface area contributed by atoms with Gasteiger partial charge in [-0.25, -0.2) is 0 Å². The molecule has 6 nitrogen and oxygen atoms in total. The second-order valence-electron chi connectivity index (χ2n) is 11.0. The summed E-state index contributed by atoms with van der Waals surface area (Å²) < 4.78 is 24.6. The molecule has 4 aliphatic rings. The predicted molar refractivity (Wildman–Crippen MR) is 167 cm³/mol. The first-order chi connectivity index (χ1) is 20.8. The maximum Gasteiger partial charge on any atom is 0.252 e. The Labute approximate surface area is 244 Å². The van der Waals surface area contributed by atoms with Crippen LogP contribution in [0.4, 0.5) is 34.1 Å². The van der Waals surface area contributed by atoms with Crippen molar-refractivity contribution in [3.05, 3.63) is 103 Å². The lowest BCUT2D eigenvalue weighted by atomic mass is 9.33. The fraction of sp³-hybridized carbons (Fsp3) is 0.143. The SMILES string of the molecule is Cc1cc2c3c(c1)N(c1cccc4c1OCCO4)c1ccccc1B3c1ccccc1N2c1cccc2c1OCCO2. The molecule has 0 N–H and O–H groups in total. The van der Waals surface area contributed by atoms with Gasteiger partial charge in [-0.2, -0.15) is 0 Å². The van der Waals surface area contributed by atoms with Crippen molar-refractivity contribution >= 4 is 57.2 Å². The third-order valence-electron chi connectivity index (χ3n) is 8.60. The zero-order valence-corrected chi connectivity index (χ0v) is 23.2. The van der Waals surface area contributed by atoms with E-state index in [1.165, 1.54) is 22.0 Å². The molecule has 0 saturated heterocycles. The van der Waals surface area contributed by atoms with Crippen molar-refractivity contribution in [2.45, 2.75) is 6.92 Å². The van der Waals surface area contributed by atoms with Gasteiger partial charge in [0.05, 0.1) is 11.4 Å². The quantitative estimate of drug-likeness (QED) is 0.261. The topological polar surface area (TPSA) is 43.4 Å². The van der Waals surface area contributed by atoms with Crippen LogP contribution in [0.1, 0.15) is 5.56 Å². The Kier molecular flexibility index (Phi) is 5.06. The van der Waals surface area contributed by atoms with Crippen LogP contribution >= 0.6 is 0 Å². The Hall–Kier alpha value is -5.04. The van der Waals surface area contributed by atoms with E-state index in [1.54, 1.807) is 0 Å². The minimum atomic E-state index is 0.0592. The number of para-hydroxylation sites is 4. The molecule has 0 atom stereocenters. The van der Waals surface area contributed by atoms with E-state index < -0.39 is 0 Å². The molecule has 0 radical (unpaired) electrons. The van der Waals surface area contributed by atoms with Crippen LogP contribution in [0.5, 0.6) is 23.0 Å². The van der Waals surface area contributed by atoms with Crippen LogP contribution < -0.4 is 45.1 Å². The zero-order chi connectivity index (χ0) is 27.8. The van der Waals surface area contributed by atoms with Crippen LogP contribution in [-0.2, 0) is 0 Å². The third-order valence-corrected chi connectivity index (χ3v) is 8.60. The van der Waals surface area contributed by atoms with E-state index in [2.05, 4.69) is 102 Å². The van der Waals surface area contributed by atoms with Gasteiger partial charge in [-0.1, -0.05) is 48.5 Å². The van der Waals surface area contributed by atoms with Crippen LogP contribution in [0, 0.1) is 6.92 Å². The van der Waals surface area contributed by atoms with Crippen LogP contribution in [0.15, 0.2) is 97.1 Å². The summed E-state index contributed by atoms with van der Waals surface area (Å²) in [4.78, 5) is 4.72. The van der Waals surface area contributed by atoms with E-state index >= 15 is 0 Å². The molecule has 42 heavy (non-hydrogen) atoms. The highest BCUT2D eigenvalue weighted by Gasteiger charge is 2.44. The van der Waals surface area contributed by atoms with Gasteiger partial charge in [0.2, 0.25) is 0 Å². The summed E-state index contributed by atoms with van der Waals surface area (Å²) in [5, 5.41) is 0. The van der Waals surface area contributed by atoms with Gasteiger partial charge < -0.3 is 28.7 Å². The fourth-order valence-electron chi connectivity index (χ4n) is 7.02. The molecule has 0 spiro atoms. The average molecular weight is 550 g/mol. The summed E-state index contributed by atoms with van der Waals surface area (Å²) in [5.74, 6) is 3.12.